The summed E-state index contributed by atoms with van der Waals surface area (Å²) in [5.41, 5.74) is 0. The molecule has 0 radical (unpaired) electrons. The van der Waals surface area contributed by atoms with Crippen LogP contribution in [0.3, 0.4) is 0 Å². The van der Waals surface area contributed by atoms with E-state index in [-0.39, 0.29) is 13.0 Å². The van der Waals surface area contributed by atoms with Gasteiger partial charge in [-0.05, 0) is 64.2 Å². The Kier molecular flexibility index (Phi) is 63.4. The fraction of sp³-hybridized carbons (Fsp3) is 0.873. The molecule has 1 aliphatic heterocycles. The Balaban J connectivity index is 2.51. The first-order valence-corrected chi connectivity index (χ1v) is 38.9. The lowest BCUT2D eigenvalue weighted by molar-refractivity contribution is -0.305. The van der Waals surface area contributed by atoms with Crippen LogP contribution in [0.25, 0.3) is 0 Å². The molecule has 0 spiro atoms. The van der Waals surface area contributed by atoms with Gasteiger partial charge in [0, 0.05) is 6.42 Å². The predicted octanol–water partition coefficient (Wildman–Crippen LogP) is 20.7. The van der Waals surface area contributed by atoms with Crippen LogP contribution < -0.4 is 5.32 Å². The van der Waals surface area contributed by atoms with Crippen molar-refractivity contribution in [3.63, 3.8) is 0 Å². The van der Waals surface area contributed by atoms with Crippen LogP contribution in [0, 0.1) is 0 Å². The van der Waals surface area contributed by atoms with Crippen molar-refractivity contribution < 1.29 is 49.3 Å². The Morgan fingerprint density at radius 1 is 0.433 bits per heavy atom. The Bertz CT molecular complexity index is 1650. The fourth-order valence-corrected chi connectivity index (χ4v) is 12.4. The van der Waals surface area contributed by atoms with Gasteiger partial charge in [0.1, 0.15) is 24.4 Å². The number of esters is 1. The van der Waals surface area contributed by atoms with E-state index in [4.69, 9.17) is 14.2 Å². The number of rotatable bonds is 68. The molecule has 6 N–H and O–H groups in total. The van der Waals surface area contributed by atoms with Crippen molar-refractivity contribution in [2.75, 3.05) is 13.2 Å². The van der Waals surface area contributed by atoms with Crippen molar-refractivity contribution in [1.29, 1.82) is 0 Å². The number of nitrogens with one attached hydrogen (secondary N) is 1. The standard InChI is InChI=1S/C79H147NO10/c1-4-7-10-13-16-19-22-25-27-29-31-33-35-37-39-41-43-45-47-49-52-55-58-61-64-67-74(84)90-77-76(86)75(85)73(68-81)89-79(77)88-69-70(71(82)65-62-59-56-53-50-24-21-18-15-12-9-6-3)80-78(87)72(83)66-63-60-57-54-51-48-46-44-42-40-38-36-34-32-30-28-26-23-20-17-14-11-8-5-2/h17,20,26,28,32,34,62,65,70-73,75-77,79,81-83,85-86H,4-16,18-19,21-25,27,29-31,33,35-61,63-64,66-69H2,1-3H3,(H,80,87)/b20-17-,28-26-,34-32-,65-62+. The zero-order chi connectivity index (χ0) is 65.3. The Hall–Kier alpha value is -2.38. The summed E-state index contributed by atoms with van der Waals surface area (Å²) in [6, 6.07) is -1.02. The summed E-state index contributed by atoms with van der Waals surface area (Å²) in [5.74, 6) is -1.18. The molecule has 0 aliphatic carbocycles. The molecule has 0 aromatic heterocycles. The third kappa shape index (κ3) is 52.9. The van der Waals surface area contributed by atoms with Gasteiger partial charge in [0.2, 0.25) is 5.91 Å². The van der Waals surface area contributed by atoms with Gasteiger partial charge in [0.25, 0.3) is 0 Å². The number of aliphatic hydroxyl groups is 5. The van der Waals surface area contributed by atoms with E-state index in [1.54, 1.807) is 6.08 Å². The smallest absolute Gasteiger partial charge is 0.306 e. The van der Waals surface area contributed by atoms with Crippen molar-refractivity contribution in [2.24, 2.45) is 0 Å². The van der Waals surface area contributed by atoms with Gasteiger partial charge in [-0.25, -0.2) is 0 Å². The molecule has 1 saturated heterocycles. The average molecular weight is 1270 g/mol. The van der Waals surface area contributed by atoms with E-state index >= 15 is 0 Å². The maximum atomic E-state index is 13.5. The van der Waals surface area contributed by atoms with Crippen LogP contribution in [0.2, 0.25) is 0 Å². The van der Waals surface area contributed by atoms with Gasteiger partial charge in [-0.1, -0.05) is 358 Å². The Morgan fingerprint density at radius 2 is 0.767 bits per heavy atom. The van der Waals surface area contributed by atoms with Gasteiger partial charge in [0.15, 0.2) is 12.4 Å². The summed E-state index contributed by atoms with van der Waals surface area (Å²) in [6.07, 6.45) is 74.5. The highest BCUT2D eigenvalue weighted by Crippen LogP contribution is 2.27. The Labute approximate surface area is 555 Å². The molecule has 11 heteroatoms. The lowest BCUT2D eigenvalue weighted by Crippen LogP contribution is -2.61. The first-order valence-electron chi connectivity index (χ1n) is 38.9. The quantitative estimate of drug-likeness (QED) is 0.0195. The molecule has 1 aliphatic rings. The largest absolute Gasteiger partial charge is 0.454 e. The van der Waals surface area contributed by atoms with E-state index in [9.17, 15) is 35.1 Å². The SMILES string of the molecule is CCCCC/C=C\C/C=C\C/C=C\CCCCCCCCCCCCCC(O)C(=O)NC(COC1OC(CO)C(O)C(O)C1OC(=O)CCCCCCCCCCCCCCCCCCCCCCCCCCC)C(O)/C=C/CCCCCCCCCCCC. The summed E-state index contributed by atoms with van der Waals surface area (Å²) >= 11 is 0. The minimum absolute atomic E-state index is 0.129. The number of amides is 1. The molecular formula is C79H147NO10. The molecule has 0 aromatic carbocycles. The summed E-state index contributed by atoms with van der Waals surface area (Å²) in [7, 11) is 0. The molecule has 0 aromatic rings. The van der Waals surface area contributed by atoms with Gasteiger partial charge < -0.3 is 45.1 Å². The number of allylic oxidation sites excluding steroid dienone is 7. The molecule has 8 unspecified atom stereocenters. The van der Waals surface area contributed by atoms with E-state index in [1.807, 2.05) is 6.08 Å². The highest BCUT2D eigenvalue weighted by atomic mass is 16.7. The van der Waals surface area contributed by atoms with Crippen LogP contribution in [0.4, 0.5) is 0 Å². The van der Waals surface area contributed by atoms with Gasteiger partial charge in [0.05, 0.1) is 25.4 Å². The number of ether oxygens (including phenoxy) is 3. The molecule has 0 saturated carbocycles. The number of carbonyl (C=O) groups is 2. The normalized spacial score (nSPS) is 18.2. The number of unbranched alkanes of at least 4 members (excludes halogenated alkanes) is 48. The maximum absolute atomic E-state index is 13.5. The molecule has 90 heavy (non-hydrogen) atoms. The maximum Gasteiger partial charge on any atom is 0.306 e. The zero-order valence-corrected chi connectivity index (χ0v) is 59.0. The molecule has 1 amide bonds. The van der Waals surface area contributed by atoms with E-state index in [0.717, 1.165) is 77.0 Å². The predicted molar refractivity (Wildman–Crippen MR) is 380 cm³/mol. The van der Waals surface area contributed by atoms with Crippen LogP contribution in [0.15, 0.2) is 48.6 Å². The third-order valence-electron chi connectivity index (χ3n) is 18.5. The summed E-state index contributed by atoms with van der Waals surface area (Å²) in [4.78, 5) is 26.8. The van der Waals surface area contributed by atoms with Gasteiger partial charge in [-0.15, -0.1) is 0 Å². The molecule has 1 fully saturated rings. The van der Waals surface area contributed by atoms with Crippen molar-refractivity contribution in [2.45, 2.75) is 429 Å². The van der Waals surface area contributed by atoms with Crippen LogP contribution >= 0.6 is 0 Å². The highest BCUT2D eigenvalue weighted by Gasteiger charge is 2.47. The third-order valence-corrected chi connectivity index (χ3v) is 18.5. The lowest BCUT2D eigenvalue weighted by atomic mass is 9.99. The molecule has 528 valence electrons. The van der Waals surface area contributed by atoms with Crippen molar-refractivity contribution in [3.05, 3.63) is 48.6 Å². The van der Waals surface area contributed by atoms with Crippen LogP contribution in [0.5, 0.6) is 0 Å². The number of hydrogen-bond acceptors (Lipinski definition) is 10. The summed E-state index contributed by atoms with van der Waals surface area (Å²) in [5, 5.41) is 57.4. The van der Waals surface area contributed by atoms with Gasteiger partial charge >= 0.3 is 5.97 Å². The number of aliphatic hydroxyl groups excluding tert-OH is 5. The summed E-state index contributed by atoms with van der Waals surface area (Å²) < 4.78 is 17.7. The van der Waals surface area contributed by atoms with Crippen LogP contribution in [-0.2, 0) is 23.8 Å². The second-order valence-electron chi connectivity index (χ2n) is 27.1. The second-order valence-corrected chi connectivity index (χ2v) is 27.1. The zero-order valence-electron chi connectivity index (χ0n) is 59.0. The molecule has 0 bridgehead atoms. The van der Waals surface area contributed by atoms with E-state index in [2.05, 4.69) is 62.5 Å². The topological polar surface area (TPSA) is 175 Å². The molecule has 1 heterocycles. The van der Waals surface area contributed by atoms with E-state index in [1.165, 1.54) is 257 Å². The van der Waals surface area contributed by atoms with Crippen LogP contribution in [0.1, 0.15) is 380 Å². The van der Waals surface area contributed by atoms with Crippen molar-refractivity contribution in [3.8, 4) is 0 Å². The van der Waals surface area contributed by atoms with Gasteiger partial charge in [-0.2, -0.15) is 0 Å². The monoisotopic (exact) mass is 1270 g/mol. The summed E-state index contributed by atoms with van der Waals surface area (Å²) in [6.45, 7) is 5.83. The van der Waals surface area contributed by atoms with Crippen molar-refractivity contribution in [1.82, 2.24) is 5.32 Å². The minimum atomic E-state index is -1.61. The fourth-order valence-electron chi connectivity index (χ4n) is 12.4. The first kappa shape index (κ1) is 85.6. The minimum Gasteiger partial charge on any atom is -0.454 e. The number of carbonyl (C=O) groups excluding carboxylic acids is 2. The lowest BCUT2D eigenvalue weighted by Gasteiger charge is -2.41. The second kappa shape index (κ2) is 66.6. The average Bonchev–Trinajstić information content (AvgIpc) is 2.18. The molecule has 1 rings (SSSR count). The Morgan fingerprint density at radius 3 is 1.17 bits per heavy atom. The van der Waals surface area contributed by atoms with Gasteiger partial charge in [-0.3, -0.25) is 9.59 Å². The molecular weight excluding hydrogens is 1120 g/mol. The van der Waals surface area contributed by atoms with E-state index < -0.39 is 67.4 Å². The molecule has 11 nitrogen and oxygen atoms in total. The highest BCUT2D eigenvalue weighted by molar-refractivity contribution is 5.80. The van der Waals surface area contributed by atoms with E-state index in [0.29, 0.717) is 19.3 Å². The first-order chi connectivity index (χ1) is 44.2. The molecule has 8 atom stereocenters. The number of hydrogen-bond donors (Lipinski definition) is 6. The van der Waals surface area contributed by atoms with Crippen molar-refractivity contribution >= 4 is 11.9 Å². The van der Waals surface area contributed by atoms with Crippen LogP contribution in [-0.4, -0.2) is 99.6 Å².